The van der Waals surface area contributed by atoms with E-state index in [0.29, 0.717) is 23.5 Å². The van der Waals surface area contributed by atoms with Gasteiger partial charge in [0.05, 0.1) is 5.56 Å². The van der Waals surface area contributed by atoms with E-state index in [1.54, 1.807) is 18.3 Å². The highest BCUT2D eigenvalue weighted by atomic mass is 19.4. The van der Waals surface area contributed by atoms with E-state index in [1.807, 2.05) is 0 Å². The fraction of sp³-hybridized carbons (Fsp3) is 0.444. The first-order chi connectivity index (χ1) is 12.0. The number of hydrogen-bond acceptors (Lipinski definition) is 4. The summed E-state index contributed by atoms with van der Waals surface area (Å²) in [7, 11) is 0. The SMILES string of the molecule is FC(F)(F)c1cccc(Nc2ccnc(NC3CCCCCC3)n2)c1. The molecule has 0 amide bonds. The summed E-state index contributed by atoms with van der Waals surface area (Å²) in [6.07, 6.45) is 4.33. The average molecular weight is 350 g/mol. The summed E-state index contributed by atoms with van der Waals surface area (Å²) in [6.45, 7) is 0. The van der Waals surface area contributed by atoms with Crippen LogP contribution in [0.2, 0.25) is 0 Å². The Morgan fingerprint density at radius 3 is 2.48 bits per heavy atom. The van der Waals surface area contributed by atoms with Crippen LogP contribution < -0.4 is 10.6 Å². The third-order valence-corrected chi connectivity index (χ3v) is 4.31. The molecule has 2 N–H and O–H groups in total. The van der Waals surface area contributed by atoms with Crippen LogP contribution >= 0.6 is 0 Å². The van der Waals surface area contributed by atoms with Crippen LogP contribution in [0.15, 0.2) is 36.5 Å². The monoisotopic (exact) mass is 350 g/mol. The maximum absolute atomic E-state index is 12.8. The smallest absolute Gasteiger partial charge is 0.351 e. The number of hydrogen-bond donors (Lipinski definition) is 2. The van der Waals surface area contributed by atoms with Gasteiger partial charge >= 0.3 is 6.18 Å². The van der Waals surface area contributed by atoms with Gasteiger partial charge in [0, 0.05) is 17.9 Å². The fourth-order valence-electron chi connectivity index (χ4n) is 3.03. The van der Waals surface area contributed by atoms with Crippen LogP contribution in [0.1, 0.15) is 44.1 Å². The van der Waals surface area contributed by atoms with Crippen LogP contribution in [0.4, 0.5) is 30.6 Å². The minimum Gasteiger partial charge on any atom is -0.351 e. The Balaban J connectivity index is 1.69. The summed E-state index contributed by atoms with van der Waals surface area (Å²) < 4.78 is 38.4. The van der Waals surface area contributed by atoms with Crippen molar-refractivity contribution in [3.63, 3.8) is 0 Å². The number of anilines is 3. The van der Waals surface area contributed by atoms with Gasteiger partial charge in [0.2, 0.25) is 5.95 Å². The molecule has 1 fully saturated rings. The van der Waals surface area contributed by atoms with E-state index in [9.17, 15) is 13.2 Å². The lowest BCUT2D eigenvalue weighted by molar-refractivity contribution is -0.137. The maximum Gasteiger partial charge on any atom is 0.416 e. The summed E-state index contributed by atoms with van der Waals surface area (Å²) >= 11 is 0. The Labute approximate surface area is 144 Å². The molecule has 1 heterocycles. The van der Waals surface area contributed by atoms with Crippen molar-refractivity contribution in [2.24, 2.45) is 0 Å². The molecule has 7 heteroatoms. The van der Waals surface area contributed by atoms with E-state index in [0.717, 1.165) is 25.0 Å². The lowest BCUT2D eigenvalue weighted by atomic mass is 10.1. The fourth-order valence-corrected chi connectivity index (χ4v) is 3.03. The van der Waals surface area contributed by atoms with E-state index >= 15 is 0 Å². The van der Waals surface area contributed by atoms with Gasteiger partial charge in [-0.25, -0.2) is 4.98 Å². The van der Waals surface area contributed by atoms with E-state index < -0.39 is 11.7 Å². The second-order valence-electron chi connectivity index (χ2n) is 6.30. The van der Waals surface area contributed by atoms with E-state index in [4.69, 9.17) is 0 Å². The molecule has 3 rings (SSSR count). The minimum absolute atomic E-state index is 0.342. The van der Waals surface area contributed by atoms with E-state index in [-0.39, 0.29) is 0 Å². The van der Waals surface area contributed by atoms with Crippen molar-refractivity contribution in [2.45, 2.75) is 50.7 Å². The third-order valence-electron chi connectivity index (χ3n) is 4.31. The molecule has 0 bridgehead atoms. The van der Waals surface area contributed by atoms with Crippen LogP contribution in [0.5, 0.6) is 0 Å². The lowest BCUT2D eigenvalue weighted by Crippen LogP contribution is -2.20. The molecule has 1 aromatic carbocycles. The van der Waals surface area contributed by atoms with Crippen LogP contribution in [0.25, 0.3) is 0 Å². The molecule has 134 valence electrons. The summed E-state index contributed by atoms with van der Waals surface area (Å²) in [5, 5.41) is 6.26. The normalized spacial score (nSPS) is 16.3. The van der Waals surface area contributed by atoms with Crippen molar-refractivity contribution < 1.29 is 13.2 Å². The summed E-state index contributed by atoms with van der Waals surface area (Å²) in [4.78, 5) is 8.59. The second kappa shape index (κ2) is 7.72. The van der Waals surface area contributed by atoms with Crippen molar-refractivity contribution in [1.82, 2.24) is 9.97 Å². The van der Waals surface area contributed by atoms with Gasteiger partial charge in [-0.1, -0.05) is 31.7 Å². The number of nitrogens with zero attached hydrogens (tertiary/aromatic N) is 2. The van der Waals surface area contributed by atoms with E-state index in [2.05, 4.69) is 20.6 Å². The molecule has 0 atom stereocenters. The molecule has 0 radical (unpaired) electrons. The molecule has 1 aliphatic rings. The van der Waals surface area contributed by atoms with Gasteiger partial charge in [0.25, 0.3) is 0 Å². The van der Waals surface area contributed by atoms with Crippen LogP contribution in [0, 0.1) is 0 Å². The van der Waals surface area contributed by atoms with Gasteiger partial charge in [0.15, 0.2) is 0 Å². The molecule has 2 aromatic rings. The van der Waals surface area contributed by atoms with Crippen molar-refractivity contribution in [2.75, 3.05) is 10.6 Å². The number of rotatable bonds is 4. The zero-order valence-corrected chi connectivity index (χ0v) is 13.8. The Bertz CT molecular complexity index is 695. The first kappa shape index (κ1) is 17.5. The summed E-state index contributed by atoms with van der Waals surface area (Å²) in [5.74, 6) is 0.967. The molecule has 4 nitrogen and oxygen atoms in total. The maximum atomic E-state index is 12.8. The Morgan fingerprint density at radius 2 is 1.76 bits per heavy atom. The van der Waals surface area contributed by atoms with Gasteiger partial charge < -0.3 is 10.6 Å². The Hall–Kier alpha value is -2.31. The first-order valence-electron chi connectivity index (χ1n) is 8.54. The topological polar surface area (TPSA) is 49.8 Å². The zero-order chi connectivity index (χ0) is 17.7. The summed E-state index contributed by atoms with van der Waals surface area (Å²) in [5.41, 5.74) is -0.350. The number of nitrogens with one attached hydrogen (secondary N) is 2. The first-order valence-corrected chi connectivity index (χ1v) is 8.54. The number of halogens is 3. The zero-order valence-electron chi connectivity index (χ0n) is 13.8. The lowest BCUT2D eigenvalue weighted by Gasteiger charge is -2.16. The van der Waals surface area contributed by atoms with Gasteiger partial charge in [-0.05, 0) is 37.1 Å². The van der Waals surface area contributed by atoms with Crippen molar-refractivity contribution in [3.8, 4) is 0 Å². The van der Waals surface area contributed by atoms with Crippen molar-refractivity contribution >= 4 is 17.5 Å². The third kappa shape index (κ3) is 5.08. The number of aromatic nitrogens is 2. The van der Waals surface area contributed by atoms with Crippen molar-refractivity contribution in [1.29, 1.82) is 0 Å². The second-order valence-corrected chi connectivity index (χ2v) is 6.30. The molecule has 0 unspecified atom stereocenters. The molecule has 0 saturated heterocycles. The highest BCUT2D eigenvalue weighted by Gasteiger charge is 2.30. The predicted octanol–water partition coefficient (Wildman–Crippen LogP) is 5.37. The van der Waals surface area contributed by atoms with Gasteiger partial charge in [0.1, 0.15) is 5.82 Å². The van der Waals surface area contributed by atoms with Gasteiger partial charge in [-0.3, -0.25) is 0 Å². The molecule has 1 aliphatic carbocycles. The van der Waals surface area contributed by atoms with Gasteiger partial charge in [-0.15, -0.1) is 0 Å². The number of benzene rings is 1. The summed E-state index contributed by atoms with van der Waals surface area (Å²) in [6, 6.07) is 7.06. The minimum atomic E-state index is -4.37. The highest BCUT2D eigenvalue weighted by Crippen LogP contribution is 2.31. The van der Waals surface area contributed by atoms with E-state index in [1.165, 1.54) is 31.7 Å². The molecule has 0 spiro atoms. The van der Waals surface area contributed by atoms with Crippen LogP contribution in [0.3, 0.4) is 0 Å². The highest BCUT2D eigenvalue weighted by molar-refractivity contribution is 5.58. The predicted molar refractivity (Wildman–Crippen MR) is 91.9 cm³/mol. The standard InChI is InChI=1S/C18H21F3N4/c19-18(20,21)13-6-5-9-15(12-13)23-16-10-11-22-17(25-16)24-14-7-3-1-2-4-8-14/h5-6,9-12,14H,1-4,7-8H2,(H2,22,23,24,25). The molecular formula is C18H21F3N4. The molecular weight excluding hydrogens is 329 g/mol. The van der Waals surface area contributed by atoms with Crippen LogP contribution in [-0.4, -0.2) is 16.0 Å². The quantitative estimate of drug-likeness (QED) is 0.728. The molecule has 0 aliphatic heterocycles. The molecule has 1 saturated carbocycles. The Kier molecular flexibility index (Phi) is 5.40. The number of alkyl halides is 3. The Morgan fingerprint density at radius 1 is 1.00 bits per heavy atom. The van der Waals surface area contributed by atoms with Gasteiger partial charge in [-0.2, -0.15) is 18.2 Å². The average Bonchev–Trinajstić information content (AvgIpc) is 2.83. The van der Waals surface area contributed by atoms with Crippen LogP contribution in [-0.2, 0) is 6.18 Å². The van der Waals surface area contributed by atoms with Crippen molar-refractivity contribution in [3.05, 3.63) is 42.1 Å². The molecule has 1 aromatic heterocycles. The molecule has 25 heavy (non-hydrogen) atoms. The largest absolute Gasteiger partial charge is 0.416 e.